The fourth-order valence-electron chi connectivity index (χ4n) is 6.04. The smallest absolute Gasteiger partial charge is 0.240 e. The summed E-state index contributed by atoms with van der Waals surface area (Å²) in [6.45, 7) is 0. The van der Waals surface area contributed by atoms with E-state index in [1.54, 1.807) is 0 Å². The molecule has 7 heteroatoms. The van der Waals surface area contributed by atoms with Gasteiger partial charge in [-0.25, -0.2) is 4.98 Å². The molecule has 9 aromatic rings. The van der Waals surface area contributed by atoms with Crippen LogP contribution < -0.4 is 0 Å². The molecule has 0 atom stereocenters. The summed E-state index contributed by atoms with van der Waals surface area (Å²) in [6, 6.07) is 47.3. The van der Waals surface area contributed by atoms with Gasteiger partial charge in [0.1, 0.15) is 5.52 Å². The Morgan fingerprint density at radius 1 is 0.419 bits per heavy atom. The van der Waals surface area contributed by atoms with Gasteiger partial charge in [-0.2, -0.15) is 15.0 Å². The molecule has 0 aliphatic heterocycles. The number of para-hydroxylation sites is 4. The van der Waals surface area contributed by atoms with Gasteiger partial charge in [-0.1, -0.05) is 109 Å². The monoisotopic (exact) mass is 553 g/mol. The molecule has 4 aromatic heterocycles. The van der Waals surface area contributed by atoms with Crippen molar-refractivity contribution in [1.29, 1.82) is 0 Å². The number of rotatable bonds is 4. The van der Waals surface area contributed by atoms with Crippen molar-refractivity contribution in [2.45, 2.75) is 0 Å². The summed E-state index contributed by atoms with van der Waals surface area (Å²) in [5.74, 6) is 2.57. The first-order chi connectivity index (χ1) is 21.3. The first-order valence-electron chi connectivity index (χ1n) is 14.2. The average Bonchev–Trinajstić information content (AvgIpc) is 3.71. The van der Waals surface area contributed by atoms with E-state index in [-0.39, 0.29) is 0 Å². The van der Waals surface area contributed by atoms with E-state index in [2.05, 4.69) is 80.3 Å². The van der Waals surface area contributed by atoms with Crippen molar-refractivity contribution in [1.82, 2.24) is 33.5 Å². The van der Waals surface area contributed by atoms with E-state index in [9.17, 15) is 0 Å². The molecule has 0 unspecified atom stereocenters. The highest BCUT2D eigenvalue weighted by molar-refractivity contribution is 6.09. The molecule has 4 heterocycles. The van der Waals surface area contributed by atoms with Crippen molar-refractivity contribution in [3.63, 3.8) is 0 Å². The quantitative estimate of drug-likeness (QED) is 0.222. The summed E-state index contributed by atoms with van der Waals surface area (Å²) in [4.78, 5) is 20.3. The first kappa shape index (κ1) is 23.6. The minimum Gasteiger partial charge on any atom is -0.278 e. The van der Waals surface area contributed by atoms with Crippen LogP contribution in [0.2, 0.25) is 0 Å². The summed E-state index contributed by atoms with van der Waals surface area (Å²) in [5, 5.41) is 1.07. The van der Waals surface area contributed by atoms with Crippen LogP contribution in [0.5, 0.6) is 0 Å². The predicted molar refractivity (Wildman–Crippen MR) is 171 cm³/mol. The van der Waals surface area contributed by atoms with Crippen molar-refractivity contribution in [3.05, 3.63) is 140 Å². The number of imidazole rings is 2. The molecule has 7 nitrogen and oxygen atoms in total. The van der Waals surface area contributed by atoms with Gasteiger partial charge in [0.25, 0.3) is 0 Å². The van der Waals surface area contributed by atoms with Crippen LogP contribution in [0.3, 0.4) is 0 Å². The van der Waals surface area contributed by atoms with Crippen LogP contribution >= 0.6 is 0 Å². The molecular weight excluding hydrogens is 530 g/mol. The van der Waals surface area contributed by atoms with Crippen LogP contribution in [0.1, 0.15) is 0 Å². The Morgan fingerprint density at radius 2 is 0.953 bits per heavy atom. The predicted octanol–water partition coefficient (Wildman–Crippen LogP) is 7.89. The lowest BCUT2D eigenvalue weighted by Crippen LogP contribution is -2.06. The molecule has 0 bridgehead atoms. The molecule has 0 fully saturated rings. The van der Waals surface area contributed by atoms with E-state index in [0.717, 1.165) is 55.7 Å². The fourth-order valence-corrected chi connectivity index (χ4v) is 6.04. The second-order valence-corrected chi connectivity index (χ2v) is 10.4. The summed E-state index contributed by atoms with van der Waals surface area (Å²) in [6.07, 6.45) is 0. The summed E-state index contributed by atoms with van der Waals surface area (Å²) in [5.41, 5.74) is 7.85. The lowest BCUT2D eigenvalue weighted by Gasteiger charge is -2.10. The van der Waals surface area contributed by atoms with Gasteiger partial charge in [-0.3, -0.25) is 13.5 Å². The third kappa shape index (κ3) is 3.55. The normalized spacial score (nSPS) is 11.7. The zero-order valence-electron chi connectivity index (χ0n) is 22.9. The number of hydrogen-bond donors (Lipinski definition) is 0. The Labute approximate surface area is 246 Å². The second kappa shape index (κ2) is 9.22. The van der Waals surface area contributed by atoms with Gasteiger partial charge in [-0.05, 0) is 30.3 Å². The Hall–Kier alpha value is -6.08. The molecule has 5 aromatic carbocycles. The molecule has 9 rings (SSSR count). The van der Waals surface area contributed by atoms with Crippen molar-refractivity contribution in [2.75, 3.05) is 0 Å². The average molecular weight is 554 g/mol. The van der Waals surface area contributed by atoms with E-state index in [1.165, 1.54) is 0 Å². The van der Waals surface area contributed by atoms with E-state index in [1.807, 2.05) is 72.8 Å². The number of aromatic nitrogens is 7. The van der Waals surface area contributed by atoms with Gasteiger partial charge in [0.15, 0.2) is 17.3 Å². The summed E-state index contributed by atoms with van der Waals surface area (Å²) in [7, 11) is 0. The van der Waals surface area contributed by atoms with Gasteiger partial charge in [-0.15, -0.1) is 0 Å². The molecule has 0 spiro atoms. The summed E-state index contributed by atoms with van der Waals surface area (Å²) >= 11 is 0. The highest BCUT2D eigenvalue weighted by Crippen LogP contribution is 2.36. The van der Waals surface area contributed by atoms with E-state index in [4.69, 9.17) is 19.9 Å². The fraction of sp³-hybridized carbons (Fsp3) is 0. The maximum absolute atomic E-state index is 5.34. The Kier molecular flexibility index (Phi) is 5.06. The maximum Gasteiger partial charge on any atom is 0.240 e. The molecule has 202 valence electrons. The third-order valence-corrected chi connectivity index (χ3v) is 7.92. The van der Waals surface area contributed by atoms with Crippen molar-refractivity contribution in [2.24, 2.45) is 0 Å². The molecule has 43 heavy (non-hydrogen) atoms. The van der Waals surface area contributed by atoms with E-state index >= 15 is 0 Å². The highest BCUT2D eigenvalue weighted by atomic mass is 15.3. The number of hydrogen-bond acceptors (Lipinski definition) is 4. The maximum atomic E-state index is 5.34. The number of fused-ring (bicyclic) bond motifs is 7. The largest absolute Gasteiger partial charge is 0.278 e. The third-order valence-electron chi connectivity index (χ3n) is 7.92. The SMILES string of the molecule is c1ccc(-c2nc(-c3ccccc3)nc(-n3c4ccccc4c4c3nc3n(-c5ccccc5)c5ccccc5n43)n2)cc1. The van der Waals surface area contributed by atoms with Gasteiger partial charge in [0, 0.05) is 22.2 Å². The molecule has 0 aliphatic carbocycles. The van der Waals surface area contributed by atoms with Crippen molar-refractivity contribution < 1.29 is 0 Å². The van der Waals surface area contributed by atoms with Gasteiger partial charge >= 0.3 is 0 Å². The molecule has 0 amide bonds. The molecular formula is C36H23N7. The molecule has 0 N–H and O–H groups in total. The lowest BCUT2D eigenvalue weighted by atomic mass is 10.2. The minimum absolute atomic E-state index is 0.523. The van der Waals surface area contributed by atoms with Crippen LogP contribution in [0.4, 0.5) is 0 Å². The zero-order chi connectivity index (χ0) is 28.3. The van der Waals surface area contributed by atoms with Gasteiger partial charge in [0.05, 0.1) is 16.6 Å². The van der Waals surface area contributed by atoms with Crippen LogP contribution in [0.25, 0.3) is 73.3 Å². The van der Waals surface area contributed by atoms with Crippen LogP contribution in [0, 0.1) is 0 Å². The van der Waals surface area contributed by atoms with E-state index < -0.39 is 0 Å². The molecule has 0 aliphatic rings. The van der Waals surface area contributed by atoms with E-state index in [0.29, 0.717) is 17.6 Å². The van der Waals surface area contributed by atoms with Gasteiger partial charge < -0.3 is 0 Å². The molecule has 0 radical (unpaired) electrons. The Balaban J connectivity index is 1.42. The minimum atomic E-state index is 0.523. The number of nitrogens with zero attached hydrogens (tertiary/aromatic N) is 7. The highest BCUT2D eigenvalue weighted by Gasteiger charge is 2.25. The van der Waals surface area contributed by atoms with Crippen LogP contribution in [0.15, 0.2) is 140 Å². The molecule has 0 saturated carbocycles. The van der Waals surface area contributed by atoms with Crippen LogP contribution in [-0.2, 0) is 0 Å². The molecule has 0 saturated heterocycles. The summed E-state index contributed by atoms with van der Waals surface area (Å²) < 4.78 is 6.54. The van der Waals surface area contributed by atoms with Gasteiger partial charge in [0.2, 0.25) is 11.7 Å². The first-order valence-corrected chi connectivity index (χ1v) is 14.2. The topological polar surface area (TPSA) is 65.8 Å². The standard InChI is InChI=1S/C36H23N7/c1-4-14-24(15-5-1)32-37-33(25-16-6-2-7-17-25)39-35(38-32)43-28-21-11-10-20-27(28)31-34(43)40-36-41(26-18-8-3-9-19-26)29-22-12-13-23-30(29)42(31)36/h1-23H. The lowest BCUT2D eigenvalue weighted by molar-refractivity contribution is 0.945. The van der Waals surface area contributed by atoms with Crippen molar-refractivity contribution >= 4 is 38.9 Å². The Morgan fingerprint density at radius 3 is 1.60 bits per heavy atom. The Bertz CT molecular complexity index is 2380. The zero-order valence-corrected chi connectivity index (χ0v) is 22.9. The second-order valence-electron chi connectivity index (χ2n) is 10.4. The number of benzene rings is 5. The van der Waals surface area contributed by atoms with Crippen LogP contribution in [-0.4, -0.2) is 33.5 Å². The van der Waals surface area contributed by atoms with Crippen molar-refractivity contribution in [3.8, 4) is 34.4 Å².